The summed E-state index contributed by atoms with van der Waals surface area (Å²) in [6.07, 6.45) is 3.26. The number of hydrogen-bond donors (Lipinski definition) is 0. The van der Waals surface area contributed by atoms with E-state index < -0.39 is 0 Å². The second kappa shape index (κ2) is 27.0. The first-order valence-corrected chi connectivity index (χ1v) is 10.3. The van der Waals surface area contributed by atoms with Crippen LogP contribution < -0.4 is 0 Å². The van der Waals surface area contributed by atoms with Crippen LogP contribution in [0.4, 0.5) is 0 Å². The van der Waals surface area contributed by atoms with E-state index in [1.807, 2.05) is 34.6 Å². The van der Waals surface area contributed by atoms with Crippen molar-refractivity contribution in [3.05, 3.63) is 0 Å². The highest BCUT2D eigenvalue weighted by molar-refractivity contribution is 4.37. The maximum absolute atomic E-state index is 5.26. The highest BCUT2D eigenvalue weighted by Crippen LogP contribution is 1.88. The average Bonchev–Trinajstić information content (AvgIpc) is 2.57. The van der Waals surface area contributed by atoms with Gasteiger partial charge < -0.3 is 23.7 Å². The Morgan fingerprint density at radius 2 is 0.846 bits per heavy atom. The Morgan fingerprint density at radius 3 is 1.15 bits per heavy atom. The van der Waals surface area contributed by atoms with Crippen LogP contribution in [0.5, 0.6) is 0 Å². The molecule has 26 heavy (non-hydrogen) atoms. The molecule has 0 heterocycles. The molecule has 0 amide bonds. The summed E-state index contributed by atoms with van der Waals surface area (Å²) in [6.45, 7) is 23.8. The zero-order valence-corrected chi connectivity index (χ0v) is 19.1. The van der Waals surface area contributed by atoms with Gasteiger partial charge in [-0.2, -0.15) is 0 Å². The lowest BCUT2D eigenvalue weighted by Gasteiger charge is -2.06. The topological polar surface area (TPSA) is 46.2 Å². The molecule has 0 aliphatic rings. The smallest absolute Gasteiger partial charge is 0.0703 e. The lowest BCUT2D eigenvalue weighted by molar-refractivity contribution is 0.0198. The lowest BCUT2D eigenvalue weighted by atomic mass is 10.4. The number of ether oxygens (including phenoxy) is 5. The minimum Gasteiger partial charge on any atom is -0.379 e. The molecule has 0 saturated heterocycles. The Balaban J connectivity index is -0.000000310. The van der Waals surface area contributed by atoms with Crippen LogP contribution in [-0.4, -0.2) is 64.6 Å². The van der Waals surface area contributed by atoms with Crippen LogP contribution in [0.15, 0.2) is 0 Å². The molecule has 0 fully saturated rings. The summed E-state index contributed by atoms with van der Waals surface area (Å²) in [5.41, 5.74) is 0. The van der Waals surface area contributed by atoms with Gasteiger partial charge in [-0.05, 0) is 61.3 Å². The number of rotatable bonds is 14. The van der Waals surface area contributed by atoms with Gasteiger partial charge in [-0.1, -0.05) is 13.8 Å². The van der Waals surface area contributed by atoms with Crippen LogP contribution in [0.1, 0.15) is 75.2 Å². The Kier molecular flexibility index (Phi) is 31.7. The molecular formula is C21H48O5. The van der Waals surface area contributed by atoms with Crippen molar-refractivity contribution >= 4 is 0 Å². The molecule has 0 rings (SSSR count). The fourth-order valence-electron chi connectivity index (χ4n) is 1.43. The molecular weight excluding hydrogens is 332 g/mol. The van der Waals surface area contributed by atoms with Crippen LogP contribution in [0, 0.1) is 0 Å². The van der Waals surface area contributed by atoms with Gasteiger partial charge >= 0.3 is 0 Å². The van der Waals surface area contributed by atoms with Crippen LogP contribution in [0.2, 0.25) is 0 Å². The van der Waals surface area contributed by atoms with Gasteiger partial charge in [0.15, 0.2) is 0 Å². The molecule has 0 aromatic rings. The fourth-order valence-corrected chi connectivity index (χ4v) is 1.43. The van der Waals surface area contributed by atoms with Crippen molar-refractivity contribution in [1.82, 2.24) is 0 Å². The maximum atomic E-state index is 5.26. The minimum atomic E-state index is 0.324. The SMILES string of the molecule is CCCOC(C)C.CCCOCCOC(C)C.CCOCCOC(C)C. The molecule has 5 heteroatoms. The largest absolute Gasteiger partial charge is 0.379 e. The normalized spacial score (nSPS) is 10.6. The van der Waals surface area contributed by atoms with Crippen molar-refractivity contribution in [1.29, 1.82) is 0 Å². The zero-order valence-electron chi connectivity index (χ0n) is 19.1. The quantitative estimate of drug-likeness (QED) is 0.392. The van der Waals surface area contributed by atoms with Gasteiger partial charge in [0.25, 0.3) is 0 Å². The molecule has 0 aromatic heterocycles. The van der Waals surface area contributed by atoms with Crippen molar-refractivity contribution in [3.8, 4) is 0 Å². The summed E-state index contributed by atoms with van der Waals surface area (Å²) >= 11 is 0. The van der Waals surface area contributed by atoms with E-state index in [2.05, 4.69) is 27.7 Å². The Hall–Kier alpha value is -0.200. The molecule has 0 radical (unpaired) electrons. The molecule has 5 nitrogen and oxygen atoms in total. The first-order chi connectivity index (χ1) is 12.3. The first kappa shape index (κ1) is 30.5. The van der Waals surface area contributed by atoms with E-state index in [0.29, 0.717) is 31.5 Å². The van der Waals surface area contributed by atoms with Crippen LogP contribution >= 0.6 is 0 Å². The standard InChI is InChI=1S/C8H18O2.C7H16O2.C6H14O/c1-4-5-9-6-7-10-8(2)3;1-4-8-5-6-9-7(2)3;1-4-5-7-6(2)3/h8H,4-7H2,1-3H3;7H,4-6H2,1-3H3;6H,4-5H2,1-3H3. The lowest BCUT2D eigenvalue weighted by Crippen LogP contribution is -2.09. The van der Waals surface area contributed by atoms with Crippen LogP contribution in [0.3, 0.4) is 0 Å². The Morgan fingerprint density at radius 1 is 0.462 bits per heavy atom. The van der Waals surface area contributed by atoms with Crippen molar-refractivity contribution in [3.63, 3.8) is 0 Å². The Labute approximate surface area is 164 Å². The molecule has 0 N–H and O–H groups in total. The van der Waals surface area contributed by atoms with Crippen molar-refractivity contribution in [2.45, 2.75) is 93.5 Å². The molecule has 0 saturated carbocycles. The second-order valence-corrected chi connectivity index (χ2v) is 6.57. The molecule has 0 aliphatic heterocycles. The molecule has 0 bridgehead atoms. The van der Waals surface area contributed by atoms with Gasteiger partial charge in [0, 0.05) is 19.8 Å². The molecule has 0 unspecified atom stereocenters. The highest BCUT2D eigenvalue weighted by Gasteiger charge is 1.91. The second-order valence-electron chi connectivity index (χ2n) is 6.57. The average molecular weight is 381 g/mol. The van der Waals surface area contributed by atoms with E-state index >= 15 is 0 Å². The third-order valence-electron chi connectivity index (χ3n) is 2.57. The first-order valence-electron chi connectivity index (χ1n) is 10.3. The molecule has 162 valence electrons. The maximum Gasteiger partial charge on any atom is 0.0703 e. The van der Waals surface area contributed by atoms with E-state index in [4.69, 9.17) is 23.7 Å². The summed E-state index contributed by atoms with van der Waals surface area (Å²) in [5.74, 6) is 0. The van der Waals surface area contributed by atoms with Crippen molar-refractivity contribution in [2.75, 3.05) is 46.2 Å². The molecule has 0 aromatic carbocycles. The Bertz CT molecular complexity index is 220. The molecule has 0 spiro atoms. The van der Waals surface area contributed by atoms with Crippen molar-refractivity contribution < 1.29 is 23.7 Å². The van der Waals surface area contributed by atoms with E-state index in [0.717, 1.165) is 45.9 Å². The van der Waals surface area contributed by atoms with E-state index in [1.165, 1.54) is 0 Å². The minimum absolute atomic E-state index is 0.324. The number of hydrogen-bond acceptors (Lipinski definition) is 5. The van der Waals surface area contributed by atoms with E-state index in [9.17, 15) is 0 Å². The van der Waals surface area contributed by atoms with Gasteiger partial charge in [0.2, 0.25) is 0 Å². The summed E-state index contributed by atoms with van der Waals surface area (Å²) < 4.78 is 25.9. The third-order valence-corrected chi connectivity index (χ3v) is 2.57. The zero-order chi connectivity index (χ0) is 20.6. The van der Waals surface area contributed by atoms with Gasteiger partial charge in [-0.25, -0.2) is 0 Å². The van der Waals surface area contributed by atoms with Crippen LogP contribution in [-0.2, 0) is 23.7 Å². The predicted molar refractivity (Wildman–Crippen MR) is 111 cm³/mol. The van der Waals surface area contributed by atoms with Crippen LogP contribution in [0.25, 0.3) is 0 Å². The van der Waals surface area contributed by atoms with E-state index in [-0.39, 0.29) is 0 Å². The van der Waals surface area contributed by atoms with Gasteiger partial charge in [0.1, 0.15) is 0 Å². The fraction of sp³-hybridized carbons (Fsp3) is 1.00. The predicted octanol–water partition coefficient (Wildman–Crippen LogP) is 5.11. The highest BCUT2D eigenvalue weighted by atomic mass is 16.5. The molecule has 0 atom stereocenters. The monoisotopic (exact) mass is 380 g/mol. The third kappa shape index (κ3) is 43.8. The summed E-state index contributed by atoms with van der Waals surface area (Å²) in [6, 6.07) is 0. The van der Waals surface area contributed by atoms with Gasteiger partial charge in [0.05, 0.1) is 44.7 Å². The van der Waals surface area contributed by atoms with E-state index in [1.54, 1.807) is 0 Å². The summed E-state index contributed by atoms with van der Waals surface area (Å²) in [5, 5.41) is 0. The van der Waals surface area contributed by atoms with Gasteiger partial charge in [-0.15, -0.1) is 0 Å². The summed E-state index contributed by atoms with van der Waals surface area (Å²) in [4.78, 5) is 0. The van der Waals surface area contributed by atoms with Gasteiger partial charge in [-0.3, -0.25) is 0 Å². The molecule has 0 aliphatic carbocycles. The summed E-state index contributed by atoms with van der Waals surface area (Å²) in [7, 11) is 0. The van der Waals surface area contributed by atoms with Crippen molar-refractivity contribution in [2.24, 2.45) is 0 Å².